The molecule has 2 rings (SSSR count). The zero-order valence-electron chi connectivity index (χ0n) is 11.9. The second-order valence-corrected chi connectivity index (χ2v) is 4.59. The molecule has 0 aliphatic carbocycles. The molecule has 0 saturated carbocycles. The molecule has 0 aromatic heterocycles. The molecule has 116 valence electrons. The molecule has 4 N–H and O–H groups in total. The first kappa shape index (κ1) is 15.4. The van der Waals surface area contributed by atoms with Gasteiger partial charge < -0.3 is 15.3 Å². The molecule has 8 heteroatoms. The van der Waals surface area contributed by atoms with E-state index in [0.717, 1.165) is 0 Å². The maximum Gasteiger partial charge on any atom is 0.247 e. The van der Waals surface area contributed by atoms with Gasteiger partial charge in [0.2, 0.25) is 11.8 Å². The highest BCUT2D eigenvalue weighted by Gasteiger charge is 2.29. The van der Waals surface area contributed by atoms with Crippen LogP contribution in [-0.2, 0) is 9.59 Å². The van der Waals surface area contributed by atoms with Gasteiger partial charge in [0.05, 0.1) is 19.2 Å². The molecule has 1 saturated heterocycles. The van der Waals surface area contributed by atoms with Crippen molar-refractivity contribution in [1.82, 2.24) is 16.3 Å². The molecule has 22 heavy (non-hydrogen) atoms. The number of aromatic hydroxyl groups is 1. The summed E-state index contributed by atoms with van der Waals surface area (Å²) in [7, 11) is 1.44. The smallest absolute Gasteiger partial charge is 0.247 e. The number of methoxy groups -OCH3 is 1. The van der Waals surface area contributed by atoms with Crippen LogP contribution in [0.2, 0.25) is 0 Å². The van der Waals surface area contributed by atoms with E-state index in [0.29, 0.717) is 17.0 Å². The standard InChI is InChI=1S/C14H16N4O4/c1-8-10(14(21)18-16-8)6-12(19)17-15-7-9-4-3-5-11(22-2)13(9)20/h3-5,7,10,16,20H,1,6H2,2H3,(H,17,19)(H,18,21)/b15-7+. The molecule has 0 spiro atoms. The first-order valence-corrected chi connectivity index (χ1v) is 6.45. The van der Waals surface area contributed by atoms with E-state index < -0.39 is 11.8 Å². The van der Waals surface area contributed by atoms with Crippen LogP contribution in [0.4, 0.5) is 0 Å². The van der Waals surface area contributed by atoms with Crippen molar-refractivity contribution in [3.8, 4) is 11.5 Å². The van der Waals surface area contributed by atoms with Gasteiger partial charge in [-0.15, -0.1) is 0 Å². The number of nitrogens with one attached hydrogen (secondary N) is 3. The number of phenols is 1. The number of nitrogens with zero attached hydrogens (tertiary/aromatic N) is 1. The lowest BCUT2D eigenvalue weighted by Crippen LogP contribution is -2.27. The van der Waals surface area contributed by atoms with E-state index in [1.54, 1.807) is 18.2 Å². The monoisotopic (exact) mass is 304 g/mol. The zero-order chi connectivity index (χ0) is 16.1. The number of hydrazine groups is 1. The Kier molecular flexibility index (Phi) is 4.62. The predicted molar refractivity (Wildman–Crippen MR) is 78.9 cm³/mol. The number of ether oxygens (including phenoxy) is 1. The molecular weight excluding hydrogens is 288 g/mol. The number of rotatable bonds is 5. The van der Waals surface area contributed by atoms with Crippen molar-refractivity contribution in [3.05, 3.63) is 36.0 Å². The molecule has 8 nitrogen and oxygen atoms in total. The number of benzene rings is 1. The molecule has 2 amide bonds. The van der Waals surface area contributed by atoms with Crippen molar-refractivity contribution in [2.45, 2.75) is 6.42 Å². The minimum absolute atomic E-state index is 0.0703. The summed E-state index contributed by atoms with van der Waals surface area (Å²) in [6, 6.07) is 4.90. The van der Waals surface area contributed by atoms with Crippen LogP contribution in [0.1, 0.15) is 12.0 Å². The Hall–Kier alpha value is -3.03. The maximum atomic E-state index is 11.7. The third-order valence-electron chi connectivity index (χ3n) is 3.12. The van der Waals surface area contributed by atoms with E-state index >= 15 is 0 Å². The molecule has 0 bridgehead atoms. The quantitative estimate of drug-likeness (QED) is 0.452. The summed E-state index contributed by atoms with van der Waals surface area (Å²) in [5, 5.41) is 13.6. The molecule has 1 aromatic rings. The highest BCUT2D eigenvalue weighted by molar-refractivity contribution is 5.90. The first-order valence-electron chi connectivity index (χ1n) is 6.45. The van der Waals surface area contributed by atoms with Crippen molar-refractivity contribution >= 4 is 18.0 Å². The number of carbonyl (C=O) groups is 2. The SMILES string of the molecule is C=C1NNC(=O)C1CC(=O)N/N=C/c1cccc(OC)c1O. The maximum absolute atomic E-state index is 11.7. The van der Waals surface area contributed by atoms with E-state index in [9.17, 15) is 14.7 Å². The Balaban J connectivity index is 1.94. The van der Waals surface area contributed by atoms with Gasteiger partial charge >= 0.3 is 0 Å². The normalized spacial score (nSPS) is 17.2. The van der Waals surface area contributed by atoms with E-state index in [1.807, 2.05) is 0 Å². The lowest BCUT2D eigenvalue weighted by molar-refractivity contribution is -0.127. The summed E-state index contributed by atoms with van der Waals surface area (Å²) in [5.74, 6) is -1.14. The fraction of sp³-hybridized carbons (Fsp3) is 0.214. The third kappa shape index (κ3) is 3.35. The van der Waals surface area contributed by atoms with Gasteiger partial charge in [0.15, 0.2) is 11.5 Å². The highest BCUT2D eigenvalue weighted by Crippen LogP contribution is 2.27. The van der Waals surface area contributed by atoms with Crippen molar-refractivity contribution in [3.63, 3.8) is 0 Å². The molecule has 1 fully saturated rings. The Morgan fingerprint density at radius 1 is 1.55 bits per heavy atom. The van der Waals surface area contributed by atoms with E-state index in [1.165, 1.54) is 13.3 Å². The summed E-state index contributed by atoms with van der Waals surface area (Å²) in [6.07, 6.45) is 1.22. The van der Waals surface area contributed by atoms with Gasteiger partial charge in [0.25, 0.3) is 0 Å². The second kappa shape index (κ2) is 6.61. The second-order valence-electron chi connectivity index (χ2n) is 4.59. The van der Waals surface area contributed by atoms with Crippen LogP contribution in [0.25, 0.3) is 0 Å². The van der Waals surface area contributed by atoms with Crippen LogP contribution in [0.15, 0.2) is 35.6 Å². The molecule has 1 heterocycles. The Morgan fingerprint density at radius 2 is 2.32 bits per heavy atom. The first-order chi connectivity index (χ1) is 10.5. The predicted octanol–water partition coefficient (Wildman–Crippen LogP) is 0.00530. The van der Waals surface area contributed by atoms with Crippen LogP contribution < -0.4 is 21.0 Å². The van der Waals surface area contributed by atoms with Gasteiger partial charge in [-0.25, -0.2) is 5.43 Å². The summed E-state index contributed by atoms with van der Waals surface area (Å²) >= 11 is 0. The van der Waals surface area contributed by atoms with Crippen molar-refractivity contribution in [1.29, 1.82) is 0 Å². The van der Waals surface area contributed by atoms with Gasteiger partial charge in [-0.3, -0.25) is 15.0 Å². The van der Waals surface area contributed by atoms with Crippen LogP contribution in [0.3, 0.4) is 0 Å². The lowest BCUT2D eigenvalue weighted by atomic mass is 10.0. The largest absolute Gasteiger partial charge is 0.504 e. The van der Waals surface area contributed by atoms with Gasteiger partial charge in [-0.1, -0.05) is 12.6 Å². The Labute approximate surface area is 126 Å². The van der Waals surface area contributed by atoms with Gasteiger partial charge in [0, 0.05) is 17.7 Å². The molecule has 0 radical (unpaired) electrons. The zero-order valence-corrected chi connectivity index (χ0v) is 11.9. The minimum atomic E-state index is -0.625. The topological polar surface area (TPSA) is 112 Å². The number of carbonyl (C=O) groups excluding carboxylic acids is 2. The van der Waals surface area contributed by atoms with Crippen LogP contribution in [0.5, 0.6) is 11.5 Å². The van der Waals surface area contributed by atoms with Crippen molar-refractivity contribution in [2.24, 2.45) is 11.0 Å². The molecule has 1 unspecified atom stereocenters. The number of hydrazone groups is 1. The fourth-order valence-corrected chi connectivity index (χ4v) is 1.90. The Bertz CT molecular complexity index is 626. The minimum Gasteiger partial charge on any atom is -0.504 e. The number of para-hydroxylation sites is 1. The van der Waals surface area contributed by atoms with Gasteiger partial charge in [-0.05, 0) is 12.1 Å². The number of hydrogen-bond donors (Lipinski definition) is 4. The molecule has 1 aliphatic heterocycles. The molecule has 1 aliphatic rings. The lowest BCUT2D eigenvalue weighted by Gasteiger charge is -2.06. The number of phenolic OH excluding ortho intramolecular Hbond substituents is 1. The average Bonchev–Trinajstić information content (AvgIpc) is 2.81. The van der Waals surface area contributed by atoms with Crippen LogP contribution >= 0.6 is 0 Å². The summed E-state index contributed by atoms with van der Waals surface area (Å²) in [5.41, 5.74) is 8.07. The fourth-order valence-electron chi connectivity index (χ4n) is 1.90. The summed E-state index contributed by atoms with van der Waals surface area (Å²) < 4.78 is 4.97. The van der Waals surface area contributed by atoms with Gasteiger partial charge in [0.1, 0.15) is 0 Å². The molecular formula is C14H16N4O4. The number of hydrogen-bond acceptors (Lipinski definition) is 6. The third-order valence-corrected chi connectivity index (χ3v) is 3.12. The highest BCUT2D eigenvalue weighted by atomic mass is 16.5. The van der Waals surface area contributed by atoms with Crippen LogP contribution in [0, 0.1) is 5.92 Å². The van der Waals surface area contributed by atoms with Crippen molar-refractivity contribution < 1.29 is 19.4 Å². The number of amides is 2. The van der Waals surface area contributed by atoms with E-state index in [2.05, 4.69) is 28.0 Å². The average molecular weight is 304 g/mol. The van der Waals surface area contributed by atoms with E-state index in [-0.39, 0.29) is 18.1 Å². The Morgan fingerprint density at radius 3 is 2.95 bits per heavy atom. The van der Waals surface area contributed by atoms with Gasteiger partial charge in [-0.2, -0.15) is 5.10 Å². The molecule has 1 aromatic carbocycles. The van der Waals surface area contributed by atoms with Crippen molar-refractivity contribution in [2.75, 3.05) is 7.11 Å². The summed E-state index contributed by atoms with van der Waals surface area (Å²) in [6.45, 7) is 3.64. The summed E-state index contributed by atoms with van der Waals surface area (Å²) in [4.78, 5) is 23.2. The van der Waals surface area contributed by atoms with E-state index in [4.69, 9.17) is 4.74 Å². The molecule has 1 atom stereocenters. The van der Waals surface area contributed by atoms with Crippen LogP contribution in [-0.4, -0.2) is 30.2 Å².